The van der Waals surface area contributed by atoms with Gasteiger partial charge in [0, 0.05) is 18.4 Å². The minimum atomic E-state index is 0.337. The number of rotatable bonds is 3. The highest BCUT2D eigenvalue weighted by Gasteiger charge is 2.21. The van der Waals surface area contributed by atoms with Gasteiger partial charge in [-0.3, -0.25) is 4.79 Å². The Bertz CT molecular complexity index is 541. The van der Waals surface area contributed by atoms with Gasteiger partial charge in [-0.2, -0.15) is 0 Å². The van der Waals surface area contributed by atoms with E-state index in [1.54, 1.807) is 0 Å². The van der Waals surface area contributed by atoms with Crippen LogP contribution in [0, 0.1) is 0 Å². The number of nitrogens with one attached hydrogen (secondary N) is 1. The molecule has 0 fully saturated rings. The van der Waals surface area contributed by atoms with Crippen LogP contribution in [0.3, 0.4) is 0 Å². The third-order valence-electron chi connectivity index (χ3n) is 3.19. The average molecular weight is 239 g/mol. The van der Waals surface area contributed by atoms with Crippen molar-refractivity contribution in [2.75, 3.05) is 5.32 Å². The van der Waals surface area contributed by atoms with E-state index in [0.29, 0.717) is 17.6 Å². The van der Waals surface area contributed by atoms with Gasteiger partial charge < -0.3 is 5.32 Å². The maximum absolute atomic E-state index is 10.5. The lowest BCUT2D eigenvalue weighted by Gasteiger charge is -2.11. The molecule has 0 bridgehead atoms. The summed E-state index contributed by atoms with van der Waals surface area (Å²) in [7, 11) is 0. The molecule has 1 N–H and O–H groups in total. The van der Waals surface area contributed by atoms with Crippen LogP contribution in [0.2, 0.25) is 0 Å². The molecule has 90 valence electrons. The SMILES string of the molecule is O=Cc1cnc(NC2Cc3ccccc3C2)nc1. The van der Waals surface area contributed by atoms with Crippen LogP contribution in [-0.4, -0.2) is 22.3 Å². The van der Waals surface area contributed by atoms with Crippen molar-refractivity contribution in [2.45, 2.75) is 18.9 Å². The number of benzene rings is 1. The van der Waals surface area contributed by atoms with Gasteiger partial charge in [0.1, 0.15) is 0 Å². The zero-order valence-corrected chi connectivity index (χ0v) is 9.84. The monoisotopic (exact) mass is 239 g/mol. The zero-order valence-electron chi connectivity index (χ0n) is 9.84. The first kappa shape index (κ1) is 10.9. The Morgan fingerprint density at radius 3 is 2.28 bits per heavy atom. The predicted molar refractivity (Wildman–Crippen MR) is 68.7 cm³/mol. The Kier molecular flexibility index (Phi) is 2.76. The number of carbonyl (C=O) groups is 1. The topological polar surface area (TPSA) is 54.9 Å². The number of hydrogen-bond donors (Lipinski definition) is 1. The molecule has 0 saturated carbocycles. The zero-order chi connectivity index (χ0) is 12.4. The Morgan fingerprint density at radius 1 is 1.11 bits per heavy atom. The quantitative estimate of drug-likeness (QED) is 0.831. The summed E-state index contributed by atoms with van der Waals surface area (Å²) < 4.78 is 0. The smallest absolute Gasteiger partial charge is 0.222 e. The first-order valence-electron chi connectivity index (χ1n) is 5.95. The van der Waals surface area contributed by atoms with E-state index in [9.17, 15) is 4.79 Å². The van der Waals surface area contributed by atoms with Crippen molar-refractivity contribution in [1.29, 1.82) is 0 Å². The third-order valence-corrected chi connectivity index (χ3v) is 3.19. The van der Waals surface area contributed by atoms with Gasteiger partial charge >= 0.3 is 0 Å². The van der Waals surface area contributed by atoms with Gasteiger partial charge in [-0.15, -0.1) is 0 Å². The predicted octanol–water partition coefficient (Wildman–Crippen LogP) is 1.87. The van der Waals surface area contributed by atoms with Crippen molar-refractivity contribution in [3.63, 3.8) is 0 Å². The second-order valence-electron chi connectivity index (χ2n) is 4.48. The van der Waals surface area contributed by atoms with Crippen molar-refractivity contribution in [3.8, 4) is 0 Å². The van der Waals surface area contributed by atoms with E-state index >= 15 is 0 Å². The van der Waals surface area contributed by atoms with Crippen molar-refractivity contribution in [3.05, 3.63) is 53.3 Å². The van der Waals surface area contributed by atoms with E-state index in [0.717, 1.165) is 19.1 Å². The summed E-state index contributed by atoms with van der Waals surface area (Å²) in [6.07, 6.45) is 5.80. The lowest BCUT2D eigenvalue weighted by Crippen LogP contribution is -2.21. The Labute approximate surface area is 105 Å². The highest BCUT2D eigenvalue weighted by molar-refractivity contribution is 5.73. The molecule has 1 aromatic carbocycles. The third kappa shape index (κ3) is 2.09. The molecule has 1 aromatic heterocycles. The molecule has 0 spiro atoms. The number of nitrogens with zero attached hydrogens (tertiary/aromatic N) is 2. The lowest BCUT2D eigenvalue weighted by atomic mass is 10.1. The maximum Gasteiger partial charge on any atom is 0.222 e. The first-order chi connectivity index (χ1) is 8.85. The highest BCUT2D eigenvalue weighted by atomic mass is 16.1. The van der Waals surface area contributed by atoms with E-state index in [1.807, 2.05) is 0 Å². The Morgan fingerprint density at radius 2 is 1.72 bits per heavy atom. The normalized spacial score (nSPS) is 14.2. The van der Waals surface area contributed by atoms with Crippen molar-refractivity contribution >= 4 is 12.2 Å². The highest BCUT2D eigenvalue weighted by Crippen LogP contribution is 2.23. The molecular formula is C14H13N3O. The van der Waals surface area contributed by atoms with Crippen molar-refractivity contribution in [2.24, 2.45) is 0 Å². The summed E-state index contributed by atoms with van der Waals surface area (Å²) in [6.45, 7) is 0. The number of aldehydes is 1. The summed E-state index contributed by atoms with van der Waals surface area (Å²) in [5, 5.41) is 3.30. The fraction of sp³-hybridized carbons (Fsp3) is 0.214. The molecule has 18 heavy (non-hydrogen) atoms. The fourth-order valence-corrected chi connectivity index (χ4v) is 2.32. The van der Waals surface area contributed by atoms with Gasteiger partial charge in [0.2, 0.25) is 5.95 Å². The van der Waals surface area contributed by atoms with Gasteiger partial charge in [-0.05, 0) is 24.0 Å². The van der Waals surface area contributed by atoms with Crippen molar-refractivity contribution < 1.29 is 4.79 Å². The maximum atomic E-state index is 10.5. The molecule has 1 heterocycles. The Hall–Kier alpha value is -2.23. The molecule has 1 aliphatic rings. The van der Waals surface area contributed by atoms with Gasteiger partial charge in [0.15, 0.2) is 6.29 Å². The van der Waals surface area contributed by atoms with E-state index in [2.05, 4.69) is 39.6 Å². The summed E-state index contributed by atoms with van der Waals surface area (Å²) in [5.74, 6) is 0.582. The summed E-state index contributed by atoms with van der Waals surface area (Å²) >= 11 is 0. The van der Waals surface area contributed by atoms with Crippen LogP contribution >= 0.6 is 0 Å². The standard InChI is InChI=1S/C14H13N3O/c18-9-10-7-15-14(16-8-10)17-13-5-11-3-1-2-4-12(11)6-13/h1-4,7-9,13H,5-6H2,(H,15,16,17). The molecule has 0 saturated heterocycles. The van der Waals surface area contributed by atoms with Crippen molar-refractivity contribution in [1.82, 2.24) is 9.97 Å². The molecule has 4 heteroatoms. The second-order valence-corrected chi connectivity index (χ2v) is 4.48. The minimum Gasteiger partial charge on any atom is -0.351 e. The van der Waals surface area contributed by atoms with Crippen LogP contribution in [-0.2, 0) is 12.8 Å². The molecule has 0 amide bonds. The number of fused-ring (bicyclic) bond motifs is 1. The molecule has 0 atom stereocenters. The van der Waals surface area contributed by atoms with E-state index in [-0.39, 0.29) is 0 Å². The molecule has 3 rings (SSSR count). The van der Waals surface area contributed by atoms with Gasteiger partial charge in [0.25, 0.3) is 0 Å². The molecule has 0 radical (unpaired) electrons. The van der Waals surface area contributed by atoms with Crippen LogP contribution in [0.5, 0.6) is 0 Å². The van der Waals surface area contributed by atoms with Crippen LogP contribution in [0.4, 0.5) is 5.95 Å². The lowest BCUT2D eigenvalue weighted by molar-refractivity contribution is 0.112. The number of anilines is 1. The van der Waals surface area contributed by atoms with Crippen LogP contribution in [0.15, 0.2) is 36.7 Å². The van der Waals surface area contributed by atoms with Crippen LogP contribution in [0.25, 0.3) is 0 Å². The molecule has 2 aromatic rings. The molecule has 0 unspecified atom stereocenters. The van der Waals surface area contributed by atoms with Crippen LogP contribution in [0.1, 0.15) is 21.5 Å². The summed E-state index contributed by atoms with van der Waals surface area (Å²) in [4.78, 5) is 18.8. The van der Waals surface area contributed by atoms with Crippen LogP contribution < -0.4 is 5.32 Å². The molecule has 0 aliphatic heterocycles. The summed E-state index contributed by atoms with van der Waals surface area (Å²) in [6, 6.07) is 8.79. The van der Waals surface area contributed by atoms with E-state index in [4.69, 9.17) is 0 Å². The van der Waals surface area contributed by atoms with Gasteiger partial charge in [0.05, 0.1) is 5.56 Å². The van der Waals surface area contributed by atoms with E-state index < -0.39 is 0 Å². The largest absolute Gasteiger partial charge is 0.351 e. The summed E-state index contributed by atoms with van der Waals surface area (Å²) in [5.41, 5.74) is 3.27. The van der Waals surface area contributed by atoms with Gasteiger partial charge in [-0.25, -0.2) is 9.97 Å². The van der Waals surface area contributed by atoms with E-state index in [1.165, 1.54) is 23.5 Å². The number of aromatic nitrogens is 2. The first-order valence-corrected chi connectivity index (χ1v) is 5.95. The number of carbonyl (C=O) groups excluding carboxylic acids is 1. The van der Waals surface area contributed by atoms with Gasteiger partial charge in [-0.1, -0.05) is 24.3 Å². The second kappa shape index (κ2) is 4.56. The molecule has 1 aliphatic carbocycles. The Balaban J connectivity index is 1.70. The minimum absolute atomic E-state index is 0.337. The molecular weight excluding hydrogens is 226 g/mol. The number of hydrogen-bond acceptors (Lipinski definition) is 4. The molecule has 4 nitrogen and oxygen atoms in total. The average Bonchev–Trinajstić information content (AvgIpc) is 2.82. The fourth-order valence-electron chi connectivity index (χ4n) is 2.32.